The van der Waals surface area contributed by atoms with Crippen molar-refractivity contribution in [3.63, 3.8) is 0 Å². The molecule has 0 atom stereocenters. The molecule has 0 radical (unpaired) electrons. The van der Waals surface area contributed by atoms with Gasteiger partial charge in [-0.2, -0.15) is 0 Å². The van der Waals surface area contributed by atoms with Gasteiger partial charge in [-0.25, -0.2) is 4.98 Å². The number of nitrogen functional groups attached to an aromatic ring is 1. The molecule has 0 aliphatic rings. The molecule has 0 unspecified atom stereocenters. The van der Waals surface area contributed by atoms with E-state index in [2.05, 4.69) is 4.98 Å². The largest absolute Gasteiger partial charge is 0.398 e. The quantitative estimate of drug-likeness (QED) is 0.766. The van der Waals surface area contributed by atoms with Crippen LogP contribution in [0.15, 0.2) is 48.8 Å². The van der Waals surface area contributed by atoms with Gasteiger partial charge < -0.3 is 10.1 Å². The van der Waals surface area contributed by atoms with Crippen LogP contribution in [0.3, 0.4) is 0 Å². The van der Waals surface area contributed by atoms with E-state index in [9.17, 15) is 0 Å². The van der Waals surface area contributed by atoms with Crippen LogP contribution >= 0.6 is 11.6 Å². The molecule has 3 nitrogen and oxygen atoms in total. The first-order valence-electron chi connectivity index (χ1n) is 5.69. The van der Waals surface area contributed by atoms with E-state index in [1.807, 2.05) is 53.2 Å². The fraction of sp³-hybridized carbons (Fsp3) is 0.0714. The monoisotopic (exact) mass is 257 g/mol. The topological polar surface area (TPSA) is 43.3 Å². The molecule has 2 N–H and O–H groups in total. The van der Waals surface area contributed by atoms with E-state index < -0.39 is 0 Å². The number of pyridine rings is 1. The minimum atomic E-state index is 0.723. The summed E-state index contributed by atoms with van der Waals surface area (Å²) in [5.74, 6) is 0. The molecule has 2 aromatic heterocycles. The van der Waals surface area contributed by atoms with Crippen LogP contribution in [0.5, 0.6) is 0 Å². The van der Waals surface area contributed by atoms with Gasteiger partial charge in [0.15, 0.2) is 0 Å². The van der Waals surface area contributed by atoms with E-state index in [4.69, 9.17) is 17.3 Å². The maximum atomic E-state index is 6.14. The summed E-state index contributed by atoms with van der Waals surface area (Å²) in [5, 5.41) is 0.772. The van der Waals surface area contributed by atoms with Crippen molar-refractivity contribution in [1.29, 1.82) is 0 Å². The minimum absolute atomic E-state index is 0.723. The molecule has 4 heteroatoms. The highest BCUT2D eigenvalue weighted by atomic mass is 35.5. The van der Waals surface area contributed by atoms with Crippen molar-refractivity contribution in [3.8, 4) is 0 Å². The van der Waals surface area contributed by atoms with Gasteiger partial charge in [-0.3, -0.25) is 0 Å². The van der Waals surface area contributed by atoms with Crippen molar-refractivity contribution < 1.29 is 0 Å². The summed E-state index contributed by atoms with van der Waals surface area (Å²) in [7, 11) is 0. The molecule has 0 saturated heterocycles. The molecule has 3 rings (SSSR count). The summed E-state index contributed by atoms with van der Waals surface area (Å²) in [6, 6.07) is 11.6. The summed E-state index contributed by atoms with van der Waals surface area (Å²) in [5.41, 5.74) is 9.42. The fourth-order valence-corrected chi connectivity index (χ4v) is 2.19. The summed E-state index contributed by atoms with van der Waals surface area (Å²) in [6.07, 6.45) is 4.56. The Labute approximate surface area is 110 Å². The third-order valence-electron chi connectivity index (χ3n) is 2.85. The number of hydrogen-bond acceptors (Lipinski definition) is 2. The van der Waals surface area contributed by atoms with Gasteiger partial charge in [0.1, 0.15) is 5.65 Å². The minimum Gasteiger partial charge on any atom is -0.398 e. The Hall–Kier alpha value is -2.00. The predicted octanol–water partition coefficient (Wildman–Crippen LogP) is 3.16. The van der Waals surface area contributed by atoms with Crippen LogP contribution in [-0.2, 0) is 6.42 Å². The number of imidazole rings is 1. The van der Waals surface area contributed by atoms with Crippen molar-refractivity contribution in [2.45, 2.75) is 6.42 Å². The molecule has 0 aliphatic heterocycles. The summed E-state index contributed by atoms with van der Waals surface area (Å²) in [6.45, 7) is 0. The van der Waals surface area contributed by atoms with Crippen LogP contribution in [0, 0.1) is 0 Å². The third-order valence-corrected chi connectivity index (χ3v) is 3.22. The maximum absolute atomic E-state index is 6.14. The van der Waals surface area contributed by atoms with Crippen molar-refractivity contribution in [1.82, 2.24) is 9.38 Å². The molecular weight excluding hydrogens is 246 g/mol. The second-order valence-corrected chi connectivity index (χ2v) is 4.64. The molecule has 3 aromatic rings. The van der Waals surface area contributed by atoms with Crippen molar-refractivity contribution in [2.24, 2.45) is 0 Å². The summed E-state index contributed by atoms with van der Waals surface area (Å²) >= 11 is 6.14. The molecule has 1 aromatic carbocycles. The smallest absolute Gasteiger partial charge is 0.137 e. The Morgan fingerprint density at radius 1 is 1.11 bits per heavy atom. The molecule has 0 fully saturated rings. The first kappa shape index (κ1) is 11.1. The van der Waals surface area contributed by atoms with E-state index in [0.717, 1.165) is 34.0 Å². The summed E-state index contributed by atoms with van der Waals surface area (Å²) in [4.78, 5) is 4.54. The molecule has 90 valence electrons. The number of benzene rings is 1. The Morgan fingerprint density at radius 2 is 1.94 bits per heavy atom. The first-order valence-corrected chi connectivity index (χ1v) is 6.07. The van der Waals surface area contributed by atoms with Crippen molar-refractivity contribution >= 4 is 22.9 Å². The van der Waals surface area contributed by atoms with Crippen LogP contribution in [-0.4, -0.2) is 9.38 Å². The van der Waals surface area contributed by atoms with E-state index in [0.29, 0.717) is 0 Å². The lowest BCUT2D eigenvalue weighted by Crippen LogP contribution is -1.88. The molecular formula is C14H12ClN3. The molecule has 0 spiro atoms. The van der Waals surface area contributed by atoms with Gasteiger partial charge in [0.05, 0.1) is 5.69 Å². The van der Waals surface area contributed by atoms with Gasteiger partial charge >= 0.3 is 0 Å². The predicted molar refractivity (Wildman–Crippen MR) is 73.9 cm³/mol. The molecule has 0 amide bonds. The zero-order chi connectivity index (χ0) is 12.5. The number of halogens is 1. The van der Waals surface area contributed by atoms with Crippen LogP contribution in [0.2, 0.25) is 5.02 Å². The van der Waals surface area contributed by atoms with Crippen molar-refractivity contribution in [2.75, 3.05) is 5.73 Å². The second kappa shape index (κ2) is 4.35. The number of nitrogens with zero attached hydrogens (tertiary/aromatic N) is 2. The van der Waals surface area contributed by atoms with Gasteiger partial charge in [-0.1, -0.05) is 29.8 Å². The van der Waals surface area contributed by atoms with Crippen LogP contribution in [0.4, 0.5) is 5.69 Å². The zero-order valence-electron chi connectivity index (χ0n) is 9.68. The fourth-order valence-electron chi connectivity index (χ4n) is 1.98. The van der Waals surface area contributed by atoms with Gasteiger partial charge in [-0.15, -0.1) is 0 Å². The first-order chi connectivity index (χ1) is 8.72. The van der Waals surface area contributed by atoms with Crippen molar-refractivity contribution in [3.05, 3.63) is 65.1 Å². The van der Waals surface area contributed by atoms with Gasteiger partial charge in [0.2, 0.25) is 0 Å². The highest BCUT2D eigenvalue weighted by Crippen LogP contribution is 2.19. The SMILES string of the molecule is Nc1ccc2nc(Cc3ccccc3Cl)cn2c1. The Balaban J connectivity index is 1.98. The number of nitrogens with two attached hydrogens (primary N) is 1. The van der Waals surface area contributed by atoms with Crippen LogP contribution < -0.4 is 5.73 Å². The third kappa shape index (κ3) is 2.05. The lowest BCUT2D eigenvalue weighted by atomic mass is 10.1. The molecule has 0 bridgehead atoms. The Bertz CT molecular complexity index is 703. The normalized spacial score (nSPS) is 10.9. The van der Waals surface area contributed by atoms with Crippen LogP contribution in [0.25, 0.3) is 5.65 Å². The summed E-state index contributed by atoms with van der Waals surface area (Å²) < 4.78 is 1.93. The molecule has 2 heterocycles. The molecule has 0 saturated carbocycles. The van der Waals surface area contributed by atoms with E-state index in [-0.39, 0.29) is 0 Å². The molecule has 0 aliphatic carbocycles. The maximum Gasteiger partial charge on any atom is 0.137 e. The van der Waals surface area contributed by atoms with E-state index in [1.165, 1.54) is 0 Å². The van der Waals surface area contributed by atoms with Crippen LogP contribution in [0.1, 0.15) is 11.3 Å². The number of hydrogen-bond donors (Lipinski definition) is 1. The number of aromatic nitrogens is 2. The molecule has 18 heavy (non-hydrogen) atoms. The average molecular weight is 258 g/mol. The standard InChI is InChI=1S/C14H12ClN3/c15-13-4-2-1-3-10(13)7-12-9-18-8-11(16)5-6-14(18)17-12/h1-6,8-9H,7,16H2. The number of anilines is 1. The lowest BCUT2D eigenvalue weighted by molar-refractivity contribution is 1.11. The zero-order valence-corrected chi connectivity index (χ0v) is 10.4. The number of fused-ring (bicyclic) bond motifs is 1. The average Bonchev–Trinajstić information content (AvgIpc) is 2.73. The highest BCUT2D eigenvalue weighted by Gasteiger charge is 2.05. The second-order valence-electron chi connectivity index (χ2n) is 4.23. The lowest BCUT2D eigenvalue weighted by Gasteiger charge is -2.00. The Morgan fingerprint density at radius 3 is 2.78 bits per heavy atom. The van der Waals surface area contributed by atoms with Gasteiger partial charge in [-0.05, 0) is 23.8 Å². The van der Waals surface area contributed by atoms with Gasteiger partial charge in [0.25, 0.3) is 0 Å². The van der Waals surface area contributed by atoms with E-state index in [1.54, 1.807) is 0 Å². The van der Waals surface area contributed by atoms with Gasteiger partial charge in [0, 0.05) is 29.5 Å². The van der Waals surface area contributed by atoms with E-state index >= 15 is 0 Å². The Kier molecular flexibility index (Phi) is 2.68. The number of rotatable bonds is 2. The highest BCUT2D eigenvalue weighted by molar-refractivity contribution is 6.31.